The highest BCUT2D eigenvalue weighted by Gasteiger charge is 2.28. The van der Waals surface area contributed by atoms with Gasteiger partial charge in [0.2, 0.25) is 15.9 Å². The molecule has 1 amide bonds. The first-order valence-electron chi connectivity index (χ1n) is 6.92. The number of rotatable bonds is 4. The summed E-state index contributed by atoms with van der Waals surface area (Å²) in [6, 6.07) is 5.46. The molecule has 0 unspecified atom stereocenters. The van der Waals surface area contributed by atoms with Gasteiger partial charge in [-0.15, -0.1) is 0 Å². The van der Waals surface area contributed by atoms with Crippen molar-refractivity contribution >= 4 is 15.9 Å². The van der Waals surface area contributed by atoms with Gasteiger partial charge < -0.3 is 4.90 Å². The van der Waals surface area contributed by atoms with E-state index in [0.29, 0.717) is 38.2 Å². The Kier molecular flexibility index (Phi) is 4.95. The van der Waals surface area contributed by atoms with Crippen LogP contribution in [-0.2, 0) is 20.6 Å². The van der Waals surface area contributed by atoms with E-state index in [4.69, 9.17) is 0 Å². The third-order valence-electron chi connectivity index (χ3n) is 3.55. The number of piperazine rings is 1. The zero-order chi connectivity index (χ0) is 15.5. The maximum absolute atomic E-state index is 12.8. The van der Waals surface area contributed by atoms with Gasteiger partial charge >= 0.3 is 0 Å². The van der Waals surface area contributed by atoms with Gasteiger partial charge in [0, 0.05) is 32.6 Å². The molecule has 0 bridgehead atoms. The highest BCUT2D eigenvalue weighted by molar-refractivity contribution is 7.88. The van der Waals surface area contributed by atoms with Gasteiger partial charge in [0.15, 0.2) is 0 Å². The normalized spacial score (nSPS) is 17.0. The van der Waals surface area contributed by atoms with Gasteiger partial charge in [-0.1, -0.05) is 19.1 Å². The summed E-state index contributed by atoms with van der Waals surface area (Å²) in [5.74, 6) is -0.483. The van der Waals surface area contributed by atoms with Crippen LogP contribution in [0.4, 0.5) is 4.39 Å². The summed E-state index contributed by atoms with van der Waals surface area (Å²) in [6.45, 7) is 3.27. The minimum atomic E-state index is -3.43. The van der Waals surface area contributed by atoms with Crippen LogP contribution in [0.25, 0.3) is 0 Å². The lowest BCUT2D eigenvalue weighted by molar-refractivity contribution is -0.132. The van der Waals surface area contributed by atoms with E-state index in [1.165, 1.54) is 28.6 Å². The van der Waals surface area contributed by atoms with Crippen molar-refractivity contribution in [2.24, 2.45) is 0 Å². The topological polar surface area (TPSA) is 57.7 Å². The lowest BCUT2D eigenvalue weighted by Crippen LogP contribution is -2.50. The van der Waals surface area contributed by atoms with Crippen LogP contribution in [0, 0.1) is 5.82 Å². The van der Waals surface area contributed by atoms with E-state index in [0.717, 1.165) is 0 Å². The van der Waals surface area contributed by atoms with Crippen LogP contribution >= 0.6 is 0 Å². The van der Waals surface area contributed by atoms with E-state index in [1.807, 2.05) is 0 Å². The van der Waals surface area contributed by atoms with Crippen molar-refractivity contribution in [2.75, 3.05) is 26.2 Å². The summed E-state index contributed by atoms with van der Waals surface area (Å²) in [5.41, 5.74) is 0.559. The van der Waals surface area contributed by atoms with E-state index in [2.05, 4.69) is 0 Å². The van der Waals surface area contributed by atoms with Crippen LogP contribution in [0.3, 0.4) is 0 Å². The second-order valence-electron chi connectivity index (χ2n) is 5.02. The number of carbonyl (C=O) groups excluding carboxylic acids is 1. The number of benzene rings is 1. The van der Waals surface area contributed by atoms with E-state index >= 15 is 0 Å². The quantitative estimate of drug-likeness (QED) is 0.839. The lowest BCUT2D eigenvalue weighted by Gasteiger charge is -2.33. The van der Waals surface area contributed by atoms with Crippen LogP contribution in [0.15, 0.2) is 24.3 Å². The van der Waals surface area contributed by atoms with Gasteiger partial charge in [-0.3, -0.25) is 4.79 Å². The number of sulfonamides is 1. The Hall–Kier alpha value is -1.47. The van der Waals surface area contributed by atoms with Crippen molar-refractivity contribution in [1.82, 2.24) is 9.21 Å². The van der Waals surface area contributed by atoms with Crippen LogP contribution in [0.2, 0.25) is 0 Å². The first-order chi connectivity index (χ1) is 9.92. The molecular formula is C14H19FN2O3S. The maximum atomic E-state index is 12.8. The highest BCUT2D eigenvalue weighted by Crippen LogP contribution is 2.14. The van der Waals surface area contributed by atoms with Gasteiger partial charge in [0.25, 0.3) is 0 Å². The molecule has 1 heterocycles. The smallest absolute Gasteiger partial charge is 0.222 e. The molecule has 116 valence electrons. The first-order valence-corrected chi connectivity index (χ1v) is 8.53. The Balaban J connectivity index is 1.98. The number of hydrogen-bond acceptors (Lipinski definition) is 3. The van der Waals surface area contributed by atoms with Crippen molar-refractivity contribution in [3.63, 3.8) is 0 Å². The minimum Gasteiger partial charge on any atom is -0.340 e. The van der Waals surface area contributed by atoms with Gasteiger partial charge in [-0.05, 0) is 17.7 Å². The van der Waals surface area contributed by atoms with Gasteiger partial charge in [-0.25, -0.2) is 12.8 Å². The van der Waals surface area contributed by atoms with Crippen molar-refractivity contribution in [2.45, 2.75) is 19.1 Å². The number of amides is 1. The second kappa shape index (κ2) is 6.53. The summed E-state index contributed by atoms with van der Waals surface area (Å²) >= 11 is 0. The summed E-state index contributed by atoms with van der Waals surface area (Å²) in [4.78, 5) is 13.3. The minimum absolute atomic E-state index is 0.0468. The fourth-order valence-corrected chi connectivity index (χ4v) is 3.84. The molecule has 1 fully saturated rings. The molecule has 0 N–H and O–H groups in total. The molecule has 0 aromatic heterocycles. The first kappa shape index (κ1) is 15.9. The third-order valence-corrected chi connectivity index (χ3v) is 5.40. The van der Waals surface area contributed by atoms with E-state index in [9.17, 15) is 17.6 Å². The second-order valence-corrected chi connectivity index (χ2v) is 6.98. The molecule has 1 aromatic rings. The average Bonchev–Trinajstić information content (AvgIpc) is 2.49. The predicted octanol–water partition coefficient (Wildman–Crippen LogP) is 1.21. The highest BCUT2D eigenvalue weighted by atomic mass is 32.2. The SMILES string of the molecule is CCC(=O)N1CCN(S(=O)(=O)Cc2ccc(F)cc2)CC1. The Labute approximate surface area is 124 Å². The van der Waals surface area contributed by atoms with E-state index in [1.54, 1.807) is 11.8 Å². The molecule has 1 saturated heterocycles. The molecule has 0 radical (unpaired) electrons. The summed E-state index contributed by atoms with van der Waals surface area (Å²) < 4.78 is 38.9. The van der Waals surface area contributed by atoms with Crippen LogP contribution in [0.1, 0.15) is 18.9 Å². The molecule has 1 aliphatic rings. The number of nitrogens with zero attached hydrogens (tertiary/aromatic N) is 2. The zero-order valence-corrected chi connectivity index (χ0v) is 12.8. The Morgan fingerprint density at radius 1 is 1.14 bits per heavy atom. The Bertz CT molecular complexity index is 593. The van der Waals surface area contributed by atoms with E-state index < -0.39 is 10.0 Å². The fourth-order valence-electron chi connectivity index (χ4n) is 2.32. The molecule has 21 heavy (non-hydrogen) atoms. The zero-order valence-electron chi connectivity index (χ0n) is 12.0. The monoisotopic (exact) mass is 314 g/mol. The van der Waals surface area contributed by atoms with Gasteiger partial charge in [-0.2, -0.15) is 4.31 Å². The number of carbonyl (C=O) groups is 1. The molecule has 0 saturated carbocycles. The molecule has 0 aliphatic carbocycles. The molecule has 7 heteroatoms. The van der Waals surface area contributed by atoms with Crippen LogP contribution in [0.5, 0.6) is 0 Å². The van der Waals surface area contributed by atoms with Gasteiger partial charge in [0.05, 0.1) is 5.75 Å². The molecule has 0 atom stereocenters. The Morgan fingerprint density at radius 3 is 2.24 bits per heavy atom. The molecule has 1 aromatic carbocycles. The summed E-state index contributed by atoms with van der Waals surface area (Å²) in [5, 5.41) is 0. The summed E-state index contributed by atoms with van der Waals surface area (Å²) in [7, 11) is -3.43. The van der Waals surface area contributed by atoms with Crippen molar-refractivity contribution in [3.8, 4) is 0 Å². The standard InChI is InChI=1S/C14H19FN2O3S/c1-2-14(18)16-7-9-17(10-8-16)21(19,20)11-12-3-5-13(15)6-4-12/h3-6H,2,7-11H2,1H3. The lowest BCUT2D eigenvalue weighted by atomic mass is 10.2. The number of hydrogen-bond donors (Lipinski definition) is 0. The van der Waals surface area contributed by atoms with Crippen molar-refractivity contribution < 1.29 is 17.6 Å². The molecular weight excluding hydrogens is 295 g/mol. The van der Waals surface area contributed by atoms with Crippen LogP contribution in [-0.4, -0.2) is 49.7 Å². The third kappa shape index (κ3) is 4.01. The van der Waals surface area contributed by atoms with E-state index in [-0.39, 0.29) is 17.5 Å². The molecule has 1 aliphatic heterocycles. The fraction of sp³-hybridized carbons (Fsp3) is 0.500. The molecule has 5 nitrogen and oxygen atoms in total. The Morgan fingerprint density at radius 2 is 1.71 bits per heavy atom. The number of halogens is 1. The van der Waals surface area contributed by atoms with Crippen molar-refractivity contribution in [1.29, 1.82) is 0 Å². The maximum Gasteiger partial charge on any atom is 0.222 e. The summed E-state index contributed by atoms with van der Waals surface area (Å²) in [6.07, 6.45) is 0.433. The van der Waals surface area contributed by atoms with Gasteiger partial charge in [0.1, 0.15) is 5.82 Å². The largest absolute Gasteiger partial charge is 0.340 e. The molecule has 2 rings (SSSR count). The van der Waals surface area contributed by atoms with Crippen LogP contribution < -0.4 is 0 Å². The predicted molar refractivity (Wildman–Crippen MR) is 77.5 cm³/mol. The van der Waals surface area contributed by atoms with Crippen molar-refractivity contribution in [3.05, 3.63) is 35.6 Å². The molecule has 0 spiro atoms. The average molecular weight is 314 g/mol.